The molecule has 5 heteroatoms. The minimum atomic E-state index is -0.342. The molecule has 3 aromatic carbocycles. The largest absolute Gasteiger partial charge is 0.399 e. The number of aromatic amines is 1. The van der Waals surface area contributed by atoms with Crippen molar-refractivity contribution in [1.29, 1.82) is 0 Å². The molecule has 0 spiro atoms. The number of fused-ring (bicyclic) bond motifs is 1. The Morgan fingerprint density at radius 3 is 2.56 bits per heavy atom. The SMILES string of the molecule is C[C@@H](C(=O)N1CCC[C@H]1C(=O)Cc1ccc2[nH]c(-c3ccc(N)cc3)cc2c1)c1ccccc1. The van der Waals surface area contributed by atoms with Gasteiger partial charge >= 0.3 is 0 Å². The summed E-state index contributed by atoms with van der Waals surface area (Å²) in [5.74, 6) is -0.103. The molecule has 1 fully saturated rings. The van der Waals surface area contributed by atoms with Crippen molar-refractivity contribution in [2.75, 3.05) is 12.3 Å². The lowest BCUT2D eigenvalue weighted by Crippen LogP contribution is -2.43. The summed E-state index contributed by atoms with van der Waals surface area (Å²) in [6, 6.07) is 25.4. The summed E-state index contributed by atoms with van der Waals surface area (Å²) in [5.41, 5.74) is 11.6. The maximum atomic E-state index is 13.3. The van der Waals surface area contributed by atoms with Gasteiger partial charge < -0.3 is 15.6 Å². The molecule has 34 heavy (non-hydrogen) atoms. The number of H-pyrrole nitrogens is 1. The van der Waals surface area contributed by atoms with Crippen molar-refractivity contribution in [2.45, 2.75) is 38.1 Å². The Labute approximate surface area is 199 Å². The van der Waals surface area contributed by atoms with Crippen LogP contribution in [0.25, 0.3) is 22.2 Å². The van der Waals surface area contributed by atoms with Crippen molar-refractivity contribution in [3.63, 3.8) is 0 Å². The van der Waals surface area contributed by atoms with E-state index in [1.807, 2.05) is 73.7 Å². The third-order valence-electron chi connectivity index (χ3n) is 6.86. The van der Waals surface area contributed by atoms with E-state index in [9.17, 15) is 9.59 Å². The summed E-state index contributed by atoms with van der Waals surface area (Å²) in [6.45, 7) is 2.57. The van der Waals surface area contributed by atoms with Gasteiger partial charge in [0.05, 0.1) is 12.0 Å². The van der Waals surface area contributed by atoms with E-state index in [-0.39, 0.29) is 23.7 Å². The summed E-state index contributed by atoms with van der Waals surface area (Å²) >= 11 is 0. The summed E-state index contributed by atoms with van der Waals surface area (Å²) in [4.78, 5) is 31.7. The molecule has 0 bridgehead atoms. The van der Waals surface area contributed by atoms with Gasteiger partial charge in [0.15, 0.2) is 5.78 Å². The van der Waals surface area contributed by atoms with Crippen molar-refractivity contribution >= 4 is 28.3 Å². The summed E-state index contributed by atoms with van der Waals surface area (Å²) < 4.78 is 0. The second-order valence-corrected chi connectivity index (χ2v) is 9.19. The quantitative estimate of drug-likeness (QED) is 0.389. The molecule has 0 aliphatic carbocycles. The van der Waals surface area contributed by atoms with E-state index >= 15 is 0 Å². The van der Waals surface area contributed by atoms with Crippen LogP contribution in [0.3, 0.4) is 0 Å². The monoisotopic (exact) mass is 451 g/mol. The maximum Gasteiger partial charge on any atom is 0.230 e. The van der Waals surface area contributed by atoms with Crippen LogP contribution in [0.4, 0.5) is 5.69 Å². The summed E-state index contributed by atoms with van der Waals surface area (Å²) in [5, 5.41) is 1.06. The first-order valence-corrected chi connectivity index (χ1v) is 11.9. The molecule has 3 N–H and O–H groups in total. The Bertz CT molecular complexity index is 1320. The number of hydrogen-bond acceptors (Lipinski definition) is 3. The zero-order chi connectivity index (χ0) is 23.7. The molecular weight excluding hydrogens is 422 g/mol. The van der Waals surface area contributed by atoms with E-state index < -0.39 is 0 Å². The molecule has 1 saturated heterocycles. The molecule has 4 aromatic rings. The van der Waals surface area contributed by atoms with Crippen molar-refractivity contribution < 1.29 is 9.59 Å². The third-order valence-corrected chi connectivity index (χ3v) is 6.86. The number of rotatable bonds is 6. The van der Waals surface area contributed by atoms with E-state index in [4.69, 9.17) is 5.73 Å². The van der Waals surface area contributed by atoms with Gasteiger partial charge in [-0.1, -0.05) is 48.5 Å². The highest BCUT2D eigenvalue weighted by Gasteiger charge is 2.35. The smallest absolute Gasteiger partial charge is 0.230 e. The van der Waals surface area contributed by atoms with E-state index in [0.717, 1.165) is 51.8 Å². The average Bonchev–Trinajstić information content (AvgIpc) is 3.51. The Balaban J connectivity index is 1.31. The maximum absolute atomic E-state index is 13.3. The van der Waals surface area contributed by atoms with Crippen LogP contribution in [0.2, 0.25) is 0 Å². The van der Waals surface area contributed by atoms with Crippen molar-refractivity contribution in [1.82, 2.24) is 9.88 Å². The molecule has 1 amide bonds. The number of nitrogen functional groups attached to an aromatic ring is 1. The van der Waals surface area contributed by atoms with Gasteiger partial charge in [0.25, 0.3) is 0 Å². The van der Waals surface area contributed by atoms with Gasteiger partial charge in [-0.15, -0.1) is 0 Å². The Morgan fingerprint density at radius 2 is 1.79 bits per heavy atom. The molecule has 0 saturated carbocycles. The molecule has 1 aliphatic heterocycles. The van der Waals surface area contributed by atoms with Crippen LogP contribution in [-0.4, -0.2) is 34.2 Å². The van der Waals surface area contributed by atoms with Gasteiger partial charge in [-0.2, -0.15) is 0 Å². The van der Waals surface area contributed by atoms with E-state index in [1.165, 1.54) is 0 Å². The molecule has 172 valence electrons. The number of amides is 1. The number of nitrogens with one attached hydrogen (secondary N) is 1. The van der Waals surface area contributed by atoms with Crippen molar-refractivity contribution in [2.24, 2.45) is 0 Å². The zero-order valence-corrected chi connectivity index (χ0v) is 19.3. The van der Waals surface area contributed by atoms with Crippen LogP contribution >= 0.6 is 0 Å². The van der Waals surface area contributed by atoms with Crippen LogP contribution in [0.1, 0.15) is 36.8 Å². The number of nitrogens with two attached hydrogens (primary N) is 1. The highest BCUT2D eigenvalue weighted by atomic mass is 16.2. The molecule has 1 aliphatic rings. The Hall–Kier alpha value is -3.86. The highest BCUT2D eigenvalue weighted by Crippen LogP contribution is 2.28. The average molecular weight is 452 g/mol. The van der Waals surface area contributed by atoms with Gasteiger partial charge in [-0.3, -0.25) is 9.59 Å². The predicted molar refractivity (Wildman–Crippen MR) is 136 cm³/mol. The van der Waals surface area contributed by atoms with Crippen molar-refractivity contribution in [3.8, 4) is 11.3 Å². The van der Waals surface area contributed by atoms with Crippen LogP contribution < -0.4 is 5.73 Å². The van der Waals surface area contributed by atoms with E-state index in [1.54, 1.807) is 4.90 Å². The number of aromatic nitrogens is 1. The number of Topliss-reactive ketones (excluding diaryl/α,β-unsaturated/α-hetero) is 1. The number of anilines is 1. The molecule has 5 nitrogen and oxygen atoms in total. The number of hydrogen-bond donors (Lipinski definition) is 2. The fourth-order valence-corrected chi connectivity index (χ4v) is 4.93. The number of likely N-dealkylation sites (tertiary alicyclic amines) is 1. The molecule has 0 unspecified atom stereocenters. The van der Waals surface area contributed by atoms with Crippen LogP contribution in [-0.2, 0) is 16.0 Å². The zero-order valence-electron chi connectivity index (χ0n) is 19.3. The lowest BCUT2D eigenvalue weighted by atomic mass is 9.97. The number of ketones is 1. The first kappa shape index (κ1) is 22.0. The molecule has 5 rings (SSSR count). The molecule has 1 aromatic heterocycles. The molecule has 2 atom stereocenters. The van der Waals surface area contributed by atoms with Gasteiger partial charge in [0, 0.05) is 35.2 Å². The Kier molecular flexibility index (Phi) is 5.93. The standard InChI is InChI=1S/C29H29N3O2/c1-19(21-6-3-2-4-7-21)29(34)32-15-5-8-27(32)28(33)17-20-9-14-25-23(16-20)18-26(31-25)22-10-12-24(30)13-11-22/h2-4,6-7,9-14,16,18-19,27,31H,5,8,15,17,30H2,1H3/t19-,27+/m1/s1. The fraction of sp³-hybridized carbons (Fsp3) is 0.241. The highest BCUT2D eigenvalue weighted by molar-refractivity contribution is 5.94. The van der Waals surface area contributed by atoms with Gasteiger partial charge in [0.2, 0.25) is 5.91 Å². The number of benzene rings is 3. The lowest BCUT2D eigenvalue weighted by molar-refractivity contribution is -0.138. The molecular formula is C29H29N3O2. The summed E-state index contributed by atoms with van der Waals surface area (Å²) in [7, 11) is 0. The molecule has 2 heterocycles. The Morgan fingerprint density at radius 1 is 1.03 bits per heavy atom. The predicted octanol–water partition coefficient (Wildman–Crippen LogP) is 5.32. The second-order valence-electron chi connectivity index (χ2n) is 9.19. The van der Waals surface area contributed by atoms with Crippen molar-refractivity contribution in [3.05, 3.63) is 90.0 Å². The van der Waals surface area contributed by atoms with Gasteiger partial charge in [-0.05, 0) is 66.8 Å². The third kappa shape index (κ3) is 4.34. The number of carbonyl (C=O) groups excluding carboxylic acids is 2. The minimum absolute atomic E-state index is 0.0382. The minimum Gasteiger partial charge on any atom is -0.399 e. The fourth-order valence-electron chi connectivity index (χ4n) is 4.93. The summed E-state index contributed by atoms with van der Waals surface area (Å²) in [6.07, 6.45) is 1.93. The van der Waals surface area contributed by atoms with Crippen LogP contribution in [0, 0.1) is 0 Å². The van der Waals surface area contributed by atoms with Gasteiger partial charge in [0.1, 0.15) is 0 Å². The normalized spacial score (nSPS) is 16.6. The van der Waals surface area contributed by atoms with Gasteiger partial charge in [-0.25, -0.2) is 0 Å². The van der Waals surface area contributed by atoms with Crippen LogP contribution in [0.5, 0.6) is 0 Å². The van der Waals surface area contributed by atoms with E-state index in [0.29, 0.717) is 13.0 Å². The number of carbonyl (C=O) groups is 2. The molecule has 0 radical (unpaired) electrons. The first-order chi connectivity index (χ1) is 16.5. The topological polar surface area (TPSA) is 79.2 Å². The van der Waals surface area contributed by atoms with Crippen LogP contribution in [0.15, 0.2) is 78.9 Å². The lowest BCUT2D eigenvalue weighted by Gasteiger charge is -2.27. The van der Waals surface area contributed by atoms with E-state index in [2.05, 4.69) is 17.1 Å². The second kappa shape index (κ2) is 9.18. The first-order valence-electron chi connectivity index (χ1n) is 11.9. The number of nitrogens with zero attached hydrogens (tertiary/aromatic N) is 1.